The second-order valence-corrected chi connectivity index (χ2v) is 8.75. The molecule has 3 aromatic rings. The summed E-state index contributed by atoms with van der Waals surface area (Å²) in [7, 11) is 0. The molecule has 34 heavy (non-hydrogen) atoms. The van der Waals surface area contributed by atoms with Crippen LogP contribution in [-0.2, 0) is 11.2 Å². The highest BCUT2D eigenvalue weighted by Crippen LogP contribution is 2.26. The molecule has 0 amide bonds. The Balaban J connectivity index is 1.60. The van der Waals surface area contributed by atoms with E-state index in [0.717, 1.165) is 35.7 Å². The molecule has 6 heteroatoms. The lowest BCUT2D eigenvalue weighted by atomic mass is 10.2. The van der Waals surface area contributed by atoms with Crippen LogP contribution in [0.25, 0.3) is 0 Å². The predicted molar refractivity (Wildman–Crippen MR) is 136 cm³/mol. The van der Waals surface area contributed by atoms with Gasteiger partial charge < -0.3 is 14.2 Å². The summed E-state index contributed by atoms with van der Waals surface area (Å²) in [6.45, 7) is 2.96. The van der Waals surface area contributed by atoms with Gasteiger partial charge in [-0.15, -0.1) is 0 Å². The molecule has 3 aromatic carbocycles. The van der Waals surface area contributed by atoms with Crippen LogP contribution >= 0.6 is 15.9 Å². The van der Waals surface area contributed by atoms with Crippen LogP contribution in [-0.4, -0.2) is 25.2 Å². The van der Waals surface area contributed by atoms with Crippen molar-refractivity contribution in [1.29, 1.82) is 0 Å². The van der Waals surface area contributed by atoms with Crippen LogP contribution in [0.2, 0.25) is 0 Å². The molecule has 0 unspecified atom stereocenters. The molecular formula is C28H29BrO5. The maximum Gasteiger partial charge on any atom is 0.347 e. The lowest BCUT2D eigenvalue weighted by Crippen LogP contribution is -2.12. The Hall–Kier alpha value is -3.12. The number of hydrogen-bond donors (Lipinski definition) is 0. The number of hydrogen-bond acceptors (Lipinski definition) is 5. The first-order valence-corrected chi connectivity index (χ1v) is 12.3. The average Bonchev–Trinajstić information content (AvgIpc) is 2.85. The molecule has 0 heterocycles. The molecule has 5 nitrogen and oxygen atoms in total. The number of ether oxygens (including phenoxy) is 3. The van der Waals surface area contributed by atoms with Crippen LogP contribution in [0.3, 0.4) is 0 Å². The molecule has 0 aliphatic rings. The molecule has 0 N–H and O–H groups in total. The van der Waals surface area contributed by atoms with Gasteiger partial charge in [-0.25, -0.2) is 9.59 Å². The van der Waals surface area contributed by atoms with Crippen molar-refractivity contribution >= 4 is 27.9 Å². The van der Waals surface area contributed by atoms with Crippen molar-refractivity contribution in [2.75, 3.05) is 13.2 Å². The minimum Gasteiger partial charge on any atom is -0.493 e. The standard InChI is InChI=1S/C28H29BrO5/c1-2-3-4-8-17-32-26-15-14-23(29)20-25(26)28(31)34-24-13-9-12-22(19-24)27(30)33-18-16-21-10-6-5-7-11-21/h5-7,9-15,19-20H,2-4,8,16-18H2,1H3. The van der Waals surface area contributed by atoms with Crippen LogP contribution in [0.1, 0.15) is 58.9 Å². The van der Waals surface area contributed by atoms with Crippen LogP contribution in [0.15, 0.2) is 77.3 Å². The van der Waals surface area contributed by atoms with Crippen LogP contribution < -0.4 is 9.47 Å². The summed E-state index contributed by atoms with van der Waals surface area (Å²) in [5, 5.41) is 0. The van der Waals surface area contributed by atoms with Gasteiger partial charge in [-0.3, -0.25) is 0 Å². The highest BCUT2D eigenvalue weighted by atomic mass is 79.9. The molecule has 0 aromatic heterocycles. The second kappa shape index (κ2) is 13.6. The molecule has 0 bridgehead atoms. The Kier molecular flexibility index (Phi) is 10.2. The summed E-state index contributed by atoms with van der Waals surface area (Å²) in [4.78, 5) is 25.3. The number of esters is 2. The van der Waals surface area contributed by atoms with Crippen molar-refractivity contribution < 1.29 is 23.8 Å². The topological polar surface area (TPSA) is 61.8 Å². The number of benzene rings is 3. The van der Waals surface area contributed by atoms with Gasteiger partial charge in [-0.05, 0) is 48.4 Å². The molecule has 0 saturated heterocycles. The minimum atomic E-state index is -0.556. The third-order valence-corrected chi connectivity index (χ3v) is 5.66. The molecule has 0 saturated carbocycles. The molecular weight excluding hydrogens is 496 g/mol. The van der Waals surface area contributed by atoms with Crippen LogP contribution in [0.4, 0.5) is 0 Å². The molecule has 3 rings (SSSR count). The lowest BCUT2D eigenvalue weighted by Gasteiger charge is -2.12. The van der Waals surface area contributed by atoms with E-state index in [9.17, 15) is 9.59 Å². The maximum atomic E-state index is 12.9. The fraction of sp³-hybridized carbons (Fsp3) is 0.286. The normalized spacial score (nSPS) is 10.5. The highest BCUT2D eigenvalue weighted by Gasteiger charge is 2.17. The molecule has 178 valence electrons. The number of unbranched alkanes of at least 4 members (excludes halogenated alkanes) is 3. The molecule has 0 spiro atoms. The molecule has 0 aliphatic carbocycles. The summed E-state index contributed by atoms with van der Waals surface area (Å²) in [5.41, 5.74) is 1.73. The van der Waals surface area contributed by atoms with Crippen molar-refractivity contribution in [3.05, 3.63) is 94.0 Å². The van der Waals surface area contributed by atoms with Gasteiger partial charge in [0.1, 0.15) is 17.1 Å². The van der Waals surface area contributed by atoms with E-state index in [-0.39, 0.29) is 12.4 Å². The zero-order chi connectivity index (χ0) is 24.2. The Morgan fingerprint density at radius 1 is 0.824 bits per heavy atom. The fourth-order valence-corrected chi connectivity index (χ4v) is 3.70. The number of rotatable bonds is 12. The summed E-state index contributed by atoms with van der Waals surface area (Å²) in [5.74, 6) is -0.288. The summed E-state index contributed by atoms with van der Waals surface area (Å²) in [6, 6.07) is 21.5. The minimum absolute atomic E-state index is 0.261. The molecule has 0 atom stereocenters. The van der Waals surface area contributed by atoms with E-state index in [1.807, 2.05) is 36.4 Å². The monoisotopic (exact) mass is 524 g/mol. The SMILES string of the molecule is CCCCCCOc1ccc(Br)cc1C(=O)Oc1cccc(C(=O)OCCc2ccccc2)c1. The van der Waals surface area contributed by atoms with Gasteiger partial charge in [0.05, 0.1) is 18.8 Å². The van der Waals surface area contributed by atoms with E-state index in [1.165, 1.54) is 6.07 Å². The zero-order valence-electron chi connectivity index (χ0n) is 19.3. The Morgan fingerprint density at radius 3 is 2.44 bits per heavy atom. The smallest absolute Gasteiger partial charge is 0.347 e. The van der Waals surface area contributed by atoms with E-state index in [1.54, 1.807) is 30.3 Å². The molecule has 0 aliphatic heterocycles. The first-order valence-electron chi connectivity index (χ1n) is 11.5. The summed E-state index contributed by atoms with van der Waals surface area (Å²) in [6.07, 6.45) is 4.94. The zero-order valence-corrected chi connectivity index (χ0v) is 20.9. The third-order valence-electron chi connectivity index (χ3n) is 5.16. The van der Waals surface area contributed by atoms with Crippen molar-refractivity contribution in [1.82, 2.24) is 0 Å². The maximum absolute atomic E-state index is 12.9. The highest BCUT2D eigenvalue weighted by molar-refractivity contribution is 9.10. The quantitative estimate of drug-likeness (QED) is 0.144. The first-order chi connectivity index (χ1) is 16.6. The Morgan fingerprint density at radius 2 is 1.65 bits per heavy atom. The lowest BCUT2D eigenvalue weighted by molar-refractivity contribution is 0.0507. The van der Waals surface area contributed by atoms with Crippen molar-refractivity contribution in [3.8, 4) is 11.5 Å². The third kappa shape index (κ3) is 8.03. The van der Waals surface area contributed by atoms with Gasteiger partial charge in [0.2, 0.25) is 0 Å². The van der Waals surface area contributed by atoms with Gasteiger partial charge in [0.15, 0.2) is 0 Å². The van der Waals surface area contributed by atoms with Crippen LogP contribution in [0.5, 0.6) is 11.5 Å². The Labute approximate surface area is 209 Å². The number of carbonyl (C=O) groups is 2. The fourth-order valence-electron chi connectivity index (χ4n) is 3.34. The predicted octanol–water partition coefficient (Wildman–Crippen LogP) is 7.03. The summed E-state index contributed by atoms with van der Waals surface area (Å²) < 4.78 is 17.5. The first kappa shape index (κ1) is 25.5. The van der Waals surface area contributed by atoms with Gasteiger partial charge >= 0.3 is 11.9 Å². The van der Waals surface area contributed by atoms with Crippen molar-refractivity contribution in [3.63, 3.8) is 0 Å². The second-order valence-electron chi connectivity index (χ2n) is 7.84. The van der Waals surface area contributed by atoms with Gasteiger partial charge in [0, 0.05) is 10.9 Å². The number of halogens is 1. The Bertz CT molecular complexity index is 1080. The molecule has 0 radical (unpaired) electrons. The van der Waals surface area contributed by atoms with Gasteiger partial charge in [-0.1, -0.05) is 78.5 Å². The van der Waals surface area contributed by atoms with E-state index in [2.05, 4.69) is 22.9 Å². The van der Waals surface area contributed by atoms with E-state index in [0.29, 0.717) is 29.9 Å². The largest absolute Gasteiger partial charge is 0.493 e. The molecule has 0 fully saturated rings. The number of carbonyl (C=O) groups excluding carboxylic acids is 2. The average molecular weight is 525 g/mol. The van der Waals surface area contributed by atoms with E-state index < -0.39 is 11.9 Å². The summed E-state index contributed by atoms with van der Waals surface area (Å²) >= 11 is 3.40. The van der Waals surface area contributed by atoms with Crippen molar-refractivity contribution in [2.45, 2.75) is 39.0 Å². The van der Waals surface area contributed by atoms with E-state index >= 15 is 0 Å². The van der Waals surface area contributed by atoms with Gasteiger partial charge in [-0.2, -0.15) is 0 Å². The van der Waals surface area contributed by atoms with E-state index in [4.69, 9.17) is 14.2 Å². The van der Waals surface area contributed by atoms with Crippen LogP contribution in [0, 0.1) is 0 Å². The van der Waals surface area contributed by atoms with Crippen molar-refractivity contribution in [2.24, 2.45) is 0 Å². The van der Waals surface area contributed by atoms with Gasteiger partial charge in [0.25, 0.3) is 0 Å².